The number of esters is 1. The smallest absolute Gasteiger partial charge is 0.341 e. The van der Waals surface area contributed by atoms with E-state index in [0.29, 0.717) is 24.6 Å². The van der Waals surface area contributed by atoms with Crippen LogP contribution >= 0.6 is 0 Å². The number of amides is 1. The maximum Gasteiger partial charge on any atom is 0.341 e. The first-order valence-electron chi connectivity index (χ1n) is 9.02. The summed E-state index contributed by atoms with van der Waals surface area (Å²) in [5.41, 5.74) is 0.861. The molecule has 0 saturated heterocycles. The topological polar surface area (TPSA) is 129 Å². The summed E-state index contributed by atoms with van der Waals surface area (Å²) in [6.07, 6.45) is 0. The molecule has 0 aliphatic heterocycles. The summed E-state index contributed by atoms with van der Waals surface area (Å²) in [6.45, 7) is 0.463. The van der Waals surface area contributed by atoms with Gasteiger partial charge in [-0.25, -0.2) is 4.79 Å². The number of carbonyl (C=O) groups excluding carboxylic acids is 2. The summed E-state index contributed by atoms with van der Waals surface area (Å²) < 4.78 is 15.1. The Morgan fingerprint density at radius 1 is 1.13 bits per heavy atom. The fourth-order valence-corrected chi connectivity index (χ4v) is 2.50. The maximum absolute atomic E-state index is 12.4. The van der Waals surface area contributed by atoms with Gasteiger partial charge in [0.1, 0.15) is 5.75 Å². The molecule has 0 radical (unpaired) electrons. The SMILES string of the molecule is COCCNc1ccc([N+](=O)[O-])cc1C(=O)OCC(=O)NCc1cccc(OC)c1. The lowest BCUT2D eigenvalue weighted by Crippen LogP contribution is -2.28. The highest BCUT2D eigenvalue weighted by Gasteiger charge is 2.19. The largest absolute Gasteiger partial charge is 0.497 e. The summed E-state index contributed by atoms with van der Waals surface area (Å²) >= 11 is 0. The second kappa shape index (κ2) is 11.4. The number of nitro groups is 1. The Hall–Kier alpha value is -3.66. The van der Waals surface area contributed by atoms with Crippen molar-refractivity contribution >= 4 is 23.3 Å². The van der Waals surface area contributed by atoms with Crippen molar-refractivity contribution in [2.24, 2.45) is 0 Å². The number of hydrogen-bond donors (Lipinski definition) is 2. The standard InChI is InChI=1S/C20H23N3O7/c1-28-9-8-21-18-7-6-15(23(26)27)11-17(18)20(25)30-13-19(24)22-12-14-4-3-5-16(10-14)29-2/h3-7,10-11,21H,8-9,12-13H2,1-2H3,(H,22,24). The first-order chi connectivity index (χ1) is 14.4. The molecule has 0 bridgehead atoms. The van der Waals surface area contributed by atoms with Gasteiger partial charge in [0.15, 0.2) is 6.61 Å². The predicted molar refractivity (Wildman–Crippen MR) is 109 cm³/mol. The van der Waals surface area contributed by atoms with Crippen LogP contribution in [0.1, 0.15) is 15.9 Å². The number of carbonyl (C=O) groups is 2. The Kier molecular flexibility index (Phi) is 8.57. The number of non-ortho nitro benzene ring substituents is 1. The van der Waals surface area contributed by atoms with Gasteiger partial charge in [0.2, 0.25) is 0 Å². The predicted octanol–water partition coefficient (Wildman–Crippen LogP) is 2.13. The van der Waals surface area contributed by atoms with Gasteiger partial charge in [0, 0.05) is 38.0 Å². The van der Waals surface area contributed by atoms with E-state index >= 15 is 0 Å². The average Bonchev–Trinajstić information content (AvgIpc) is 2.76. The minimum atomic E-state index is -0.852. The molecule has 0 atom stereocenters. The molecule has 0 fully saturated rings. The molecule has 0 spiro atoms. The molecule has 2 aromatic carbocycles. The van der Waals surface area contributed by atoms with Gasteiger partial charge in [-0.3, -0.25) is 14.9 Å². The van der Waals surface area contributed by atoms with E-state index in [1.165, 1.54) is 19.2 Å². The first kappa shape index (κ1) is 22.6. The van der Waals surface area contributed by atoms with Gasteiger partial charge >= 0.3 is 5.97 Å². The number of rotatable bonds is 11. The number of nitrogens with one attached hydrogen (secondary N) is 2. The molecule has 2 rings (SSSR count). The average molecular weight is 417 g/mol. The molecule has 0 aliphatic rings. The fraction of sp³-hybridized carbons (Fsp3) is 0.300. The summed E-state index contributed by atoms with van der Waals surface area (Å²) in [7, 11) is 3.07. The number of nitrogens with zero attached hydrogens (tertiary/aromatic N) is 1. The molecule has 1 amide bonds. The molecule has 2 aromatic rings. The number of methoxy groups -OCH3 is 2. The van der Waals surface area contributed by atoms with E-state index in [2.05, 4.69) is 10.6 Å². The van der Waals surface area contributed by atoms with E-state index in [1.807, 2.05) is 6.07 Å². The van der Waals surface area contributed by atoms with E-state index < -0.39 is 23.4 Å². The molecule has 0 saturated carbocycles. The highest BCUT2D eigenvalue weighted by Crippen LogP contribution is 2.23. The third kappa shape index (κ3) is 6.74. The van der Waals surface area contributed by atoms with Crippen molar-refractivity contribution in [3.8, 4) is 5.75 Å². The lowest BCUT2D eigenvalue weighted by Gasteiger charge is -2.12. The number of anilines is 1. The van der Waals surface area contributed by atoms with E-state index in [4.69, 9.17) is 14.2 Å². The number of benzene rings is 2. The molecule has 10 nitrogen and oxygen atoms in total. The quantitative estimate of drug-likeness (QED) is 0.246. The zero-order chi connectivity index (χ0) is 21.9. The molecule has 160 valence electrons. The van der Waals surface area contributed by atoms with Crippen molar-refractivity contribution in [1.29, 1.82) is 0 Å². The number of nitro benzene ring substituents is 1. The van der Waals surface area contributed by atoms with Crippen LogP contribution in [0.4, 0.5) is 11.4 Å². The van der Waals surface area contributed by atoms with Crippen LogP contribution in [0.3, 0.4) is 0 Å². The van der Waals surface area contributed by atoms with Crippen LogP contribution in [0.2, 0.25) is 0 Å². The molecular weight excluding hydrogens is 394 g/mol. The minimum Gasteiger partial charge on any atom is -0.497 e. The first-order valence-corrected chi connectivity index (χ1v) is 9.02. The summed E-state index contributed by atoms with van der Waals surface area (Å²) in [5, 5.41) is 16.6. The van der Waals surface area contributed by atoms with Crippen LogP contribution in [-0.4, -0.2) is 50.8 Å². The van der Waals surface area contributed by atoms with Crippen LogP contribution in [0.15, 0.2) is 42.5 Å². The van der Waals surface area contributed by atoms with Crippen LogP contribution in [0.5, 0.6) is 5.75 Å². The van der Waals surface area contributed by atoms with E-state index in [0.717, 1.165) is 11.6 Å². The van der Waals surface area contributed by atoms with Crippen LogP contribution in [-0.2, 0) is 20.8 Å². The lowest BCUT2D eigenvalue weighted by molar-refractivity contribution is -0.384. The van der Waals surface area contributed by atoms with Crippen molar-refractivity contribution in [3.63, 3.8) is 0 Å². The van der Waals surface area contributed by atoms with Gasteiger partial charge in [-0.1, -0.05) is 12.1 Å². The highest BCUT2D eigenvalue weighted by molar-refractivity contribution is 5.97. The van der Waals surface area contributed by atoms with Gasteiger partial charge in [-0.2, -0.15) is 0 Å². The zero-order valence-corrected chi connectivity index (χ0v) is 16.7. The molecule has 0 aromatic heterocycles. The molecule has 0 unspecified atom stereocenters. The van der Waals surface area contributed by atoms with Gasteiger partial charge in [-0.15, -0.1) is 0 Å². The molecular formula is C20H23N3O7. The van der Waals surface area contributed by atoms with Crippen molar-refractivity contribution in [1.82, 2.24) is 5.32 Å². The minimum absolute atomic E-state index is 0.0408. The Labute approximate surface area is 173 Å². The van der Waals surface area contributed by atoms with Gasteiger partial charge in [0.05, 0.1) is 24.2 Å². The molecule has 10 heteroatoms. The Morgan fingerprint density at radius 2 is 1.93 bits per heavy atom. The van der Waals surface area contributed by atoms with E-state index in [1.54, 1.807) is 25.3 Å². The molecule has 2 N–H and O–H groups in total. The maximum atomic E-state index is 12.4. The third-order valence-corrected chi connectivity index (χ3v) is 4.01. The second-order valence-electron chi connectivity index (χ2n) is 6.11. The third-order valence-electron chi connectivity index (χ3n) is 4.01. The van der Waals surface area contributed by atoms with Crippen LogP contribution < -0.4 is 15.4 Å². The normalized spacial score (nSPS) is 10.2. The number of ether oxygens (including phenoxy) is 3. The molecule has 30 heavy (non-hydrogen) atoms. The lowest BCUT2D eigenvalue weighted by atomic mass is 10.1. The number of hydrogen-bond acceptors (Lipinski definition) is 8. The van der Waals surface area contributed by atoms with Crippen LogP contribution in [0.25, 0.3) is 0 Å². The molecule has 0 heterocycles. The summed E-state index contributed by atoms with van der Waals surface area (Å²) in [5.74, 6) is -0.701. The van der Waals surface area contributed by atoms with Crippen molar-refractivity contribution in [3.05, 3.63) is 63.7 Å². The zero-order valence-electron chi connectivity index (χ0n) is 16.7. The van der Waals surface area contributed by atoms with Gasteiger partial charge in [-0.05, 0) is 23.8 Å². The van der Waals surface area contributed by atoms with Gasteiger partial charge in [0.25, 0.3) is 11.6 Å². The Morgan fingerprint density at radius 3 is 2.63 bits per heavy atom. The van der Waals surface area contributed by atoms with Crippen molar-refractivity contribution < 1.29 is 28.7 Å². The Bertz CT molecular complexity index is 902. The Balaban J connectivity index is 1.97. The van der Waals surface area contributed by atoms with Crippen molar-refractivity contribution in [2.75, 3.05) is 39.3 Å². The summed E-state index contributed by atoms with van der Waals surface area (Å²) in [4.78, 5) is 34.8. The van der Waals surface area contributed by atoms with Crippen LogP contribution in [0, 0.1) is 10.1 Å². The summed E-state index contributed by atoms with van der Waals surface area (Å²) in [6, 6.07) is 10.9. The second-order valence-corrected chi connectivity index (χ2v) is 6.11. The van der Waals surface area contributed by atoms with Gasteiger partial charge < -0.3 is 24.8 Å². The van der Waals surface area contributed by atoms with Crippen molar-refractivity contribution in [2.45, 2.75) is 6.54 Å². The fourth-order valence-electron chi connectivity index (χ4n) is 2.50. The molecule has 0 aliphatic carbocycles. The highest BCUT2D eigenvalue weighted by atomic mass is 16.6. The monoisotopic (exact) mass is 417 g/mol. The van der Waals surface area contributed by atoms with E-state index in [9.17, 15) is 19.7 Å². The van der Waals surface area contributed by atoms with E-state index in [-0.39, 0.29) is 17.8 Å².